The Bertz CT molecular complexity index is 1240. The highest BCUT2D eigenvalue weighted by Crippen LogP contribution is 2.19. The van der Waals surface area contributed by atoms with Gasteiger partial charge in [-0.25, -0.2) is 8.42 Å². The van der Waals surface area contributed by atoms with Crippen molar-refractivity contribution in [1.82, 2.24) is 19.4 Å². The molecular formula is C29H39N5O5S. The highest BCUT2D eigenvalue weighted by atomic mass is 32.2. The number of fused-ring (bicyclic) bond motifs is 2. The van der Waals surface area contributed by atoms with Gasteiger partial charge in [-0.2, -0.15) is 9.57 Å². The number of nitrogens with one attached hydrogen (secondary N) is 1. The summed E-state index contributed by atoms with van der Waals surface area (Å²) in [6, 6.07) is 19.0. The van der Waals surface area contributed by atoms with Crippen LogP contribution in [0.5, 0.6) is 5.75 Å². The maximum absolute atomic E-state index is 12.6. The Morgan fingerprint density at radius 2 is 1.73 bits per heavy atom. The lowest BCUT2D eigenvalue weighted by Gasteiger charge is -2.45. The van der Waals surface area contributed by atoms with Gasteiger partial charge in [0.05, 0.1) is 36.6 Å². The highest BCUT2D eigenvalue weighted by Gasteiger charge is 2.35. The van der Waals surface area contributed by atoms with Crippen molar-refractivity contribution in [2.75, 3.05) is 71.8 Å². The van der Waals surface area contributed by atoms with Crippen LogP contribution in [-0.4, -0.2) is 112 Å². The molecule has 0 aliphatic carbocycles. The SMILES string of the molecule is CC(CNC(=O)CN1CC2CN(CCN(CCOc3ccc(C#N)cc3)S(C)(=O)=O)CC(C1)O2)c1ccccc1. The lowest BCUT2D eigenvalue weighted by atomic mass is 10.0. The van der Waals surface area contributed by atoms with Gasteiger partial charge in [-0.1, -0.05) is 37.3 Å². The molecule has 2 saturated heterocycles. The number of amides is 1. The second kappa shape index (κ2) is 14.1. The maximum atomic E-state index is 12.6. The molecule has 0 radical (unpaired) electrons. The van der Waals surface area contributed by atoms with E-state index in [9.17, 15) is 13.2 Å². The Hall–Kier alpha value is -3.01. The molecule has 216 valence electrons. The normalized spacial score (nSPS) is 20.6. The van der Waals surface area contributed by atoms with Crippen molar-refractivity contribution in [1.29, 1.82) is 5.26 Å². The molecule has 2 aromatic carbocycles. The van der Waals surface area contributed by atoms with E-state index in [4.69, 9.17) is 14.7 Å². The summed E-state index contributed by atoms with van der Waals surface area (Å²) in [4.78, 5) is 17.0. The number of nitrogens with zero attached hydrogens (tertiary/aromatic N) is 4. The number of carbonyl (C=O) groups is 1. The van der Waals surface area contributed by atoms with E-state index in [1.54, 1.807) is 24.3 Å². The van der Waals surface area contributed by atoms with E-state index in [0.29, 0.717) is 63.7 Å². The number of sulfonamides is 1. The van der Waals surface area contributed by atoms with Crippen LogP contribution in [-0.2, 0) is 19.6 Å². The zero-order valence-corrected chi connectivity index (χ0v) is 24.1. The summed E-state index contributed by atoms with van der Waals surface area (Å²) in [6.45, 7) is 7.19. The standard InChI is InChI=1S/C29H39N5O5S/c1-23(25-6-4-3-5-7-25)17-31-29(35)22-33-20-27-18-32(19-28(21-33)39-27)12-13-34(40(2,36)37)14-15-38-26-10-8-24(16-30)9-11-26/h3-11,23,27-28H,12-15,17-22H2,1-2H3,(H,31,35). The van der Waals surface area contributed by atoms with Gasteiger partial charge in [0.1, 0.15) is 12.4 Å². The van der Waals surface area contributed by atoms with Crippen LogP contribution >= 0.6 is 0 Å². The highest BCUT2D eigenvalue weighted by molar-refractivity contribution is 7.88. The average molecular weight is 570 g/mol. The van der Waals surface area contributed by atoms with Gasteiger partial charge in [-0.3, -0.25) is 14.6 Å². The van der Waals surface area contributed by atoms with Crippen LogP contribution in [0, 0.1) is 11.3 Å². The molecule has 11 heteroatoms. The van der Waals surface area contributed by atoms with Crippen LogP contribution in [0.3, 0.4) is 0 Å². The van der Waals surface area contributed by atoms with Crippen LogP contribution in [0.4, 0.5) is 0 Å². The number of hydrogen-bond acceptors (Lipinski definition) is 8. The minimum absolute atomic E-state index is 0.0186. The van der Waals surface area contributed by atoms with Crippen molar-refractivity contribution in [2.45, 2.75) is 25.0 Å². The molecule has 0 aromatic heterocycles. The maximum Gasteiger partial charge on any atom is 0.234 e. The minimum Gasteiger partial charge on any atom is -0.492 e. The van der Waals surface area contributed by atoms with Gasteiger partial charge in [0.25, 0.3) is 0 Å². The fourth-order valence-corrected chi connectivity index (χ4v) is 6.00. The van der Waals surface area contributed by atoms with Gasteiger partial charge in [0.2, 0.25) is 15.9 Å². The summed E-state index contributed by atoms with van der Waals surface area (Å²) in [5, 5.41) is 12.0. The van der Waals surface area contributed by atoms with Gasteiger partial charge in [-0.15, -0.1) is 0 Å². The number of ether oxygens (including phenoxy) is 2. The number of nitriles is 1. The molecule has 40 heavy (non-hydrogen) atoms. The first-order chi connectivity index (χ1) is 19.2. The number of carbonyl (C=O) groups excluding carboxylic acids is 1. The summed E-state index contributed by atoms with van der Waals surface area (Å²) in [7, 11) is -3.40. The zero-order valence-electron chi connectivity index (χ0n) is 23.2. The molecular weight excluding hydrogens is 530 g/mol. The third-order valence-corrected chi connectivity index (χ3v) is 8.60. The first-order valence-electron chi connectivity index (χ1n) is 13.7. The average Bonchev–Trinajstić information content (AvgIpc) is 2.93. The Kier molecular flexibility index (Phi) is 10.5. The molecule has 2 bridgehead atoms. The Morgan fingerprint density at radius 1 is 1.07 bits per heavy atom. The van der Waals surface area contributed by atoms with Gasteiger partial charge < -0.3 is 14.8 Å². The molecule has 2 aromatic rings. The lowest BCUT2D eigenvalue weighted by molar-refractivity contribution is -0.145. The molecule has 3 unspecified atom stereocenters. The molecule has 2 aliphatic heterocycles. The molecule has 2 fully saturated rings. The summed E-state index contributed by atoms with van der Waals surface area (Å²) >= 11 is 0. The van der Waals surface area contributed by atoms with E-state index in [1.165, 1.54) is 16.1 Å². The van der Waals surface area contributed by atoms with Crippen LogP contribution < -0.4 is 10.1 Å². The van der Waals surface area contributed by atoms with Crippen molar-refractivity contribution >= 4 is 15.9 Å². The molecule has 3 atom stereocenters. The second-order valence-electron chi connectivity index (χ2n) is 10.6. The van der Waals surface area contributed by atoms with Crippen molar-refractivity contribution in [3.8, 4) is 11.8 Å². The monoisotopic (exact) mass is 569 g/mol. The predicted octanol–water partition coefficient (Wildman–Crippen LogP) is 1.50. The third-order valence-electron chi connectivity index (χ3n) is 7.30. The van der Waals surface area contributed by atoms with E-state index >= 15 is 0 Å². The molecule has 2 heterocycles. The van der Waals surface area contributed by atoms with Gasteiger partial charge in [-0.05, 0) is 35.7 Å². The first-order valence-corrected chi connectivity index (χ1v) is 15.5. The molecule has 0 saturated carbocycles. The number of rotatable bonds is 13. The van der Waals surface area contributed by atoms with Crippen LogP contribution in [0.25, 0.3) is 0 Å². The topological polar surface area (TPSA) is 115 Å². The van der Waals surface area contributed by atoms with Crippen molar-refractivity contribution in [2.24, 2.45) is 0 Å². The van der Waals surface area contributed by atoms with Crippen molar-refractivity contribution in [3.05, 3.63) is 65.7 Å². The minimum atomic E-state index is -3.40. The Balaban J connectivity index is 1.19. The van der Waals surface area contributed by atoms with E-state index in [0.717, 1.165) is 0 Å². The van der Waals surface area contributed by atoms with Gasteiger partial charge in [0.15, 0.2) is 0 Å². The van der Waals surface area contributed by atoms with Crippen LogP contribution in [0.15, 0.2) is 54.6 Å². The number of benzene rings is 2. The largest absolute Gasteiger partial charge is 0.492 e. The lowest BCUT2D eigenvalue weighted by Crippen LogP contribution is -2.61. The molecule has 2 aliphatic rings. The summed E-state index contributed by atoms with van der Waals surface area (Å²) < 4.78 is 38.1. The van der Waals surface area contributed by atoms with E-state index < -0.39 is 10.0 Å². The summed E-state index contributed by atoms with van der Waals surface area (Å²) in [5.74, 6) is 0.862. The zero-order chi connectivity index (χ0) is 28.5. The predicted molar refractivity (Wildman–Crippen MR) is 152 cm³/mol. The van der Waals surface area contributed by atoms with Crippen LogP contribution in [0.1, 0.15) is 24.0 Å². The third kappa shape index (κ3) is 9.01. The quantitative estimate of drug-likeness (QED) is 0.386. The van der Waals surface area contributed by atoms with E-state index in [1.807, 2.05) is 18.2 Å². The van der Waals surface area contributed by atoms with E-state index in [2.05, 4.69) is 40.2 Å². The van der Waals surface area contributed by atoms with E-state index in [-0.39, 0.29) is 37.2 Å². The fourth-order valence-electron chi connectivity index (χ4n) is 5.19. The van der Waals surface area contributed by atoms with Gasteiger partial charge in [0, 0.05) is 52.4 Å². The Morgan fingerprint density at radius 3 is 2.35 bits per heavy atom. The first kappa shape index (κ1) is 30.0. The molecule has 1 N–H and O–H groups in total. The molecule has 1 amide bonds. The fraction of sp³-hybridized carbons (Fsp3) is 0.517. The van der Waals surface area contributed by atoms with Crippen molar-refractivity contribution < 1.29 is 22.7 Å². The smallest absolute Gasteiger partial charge is 0.234 e. The van der Waals surface area contributed by atoms with Gasteiger partial charge >= 0.3 is 0 Å². The van der Waals surface area contributed by atoms with Crippen LogP contribution in [0.2, 0.25) is 0 Å². The number of hydrogen-bond donors (Lipinski definition) is 1. The number of morpholine rings is 2. The summed E-state index contributed by atoms with van der Waals surface area (Å²) in [6.07, 6.45) is 1.18. The molecule has 0 spiro atoms. The molecule has 10 nitrogen and oxygen atoms in total. The van der Waals surface area contributed by atoms with Crippen molar-refractivity contribution in [3.63, 3.8) is 0 Å². The molecule has 4 rings (SSSR count). The summed E-state index contributed by atoms with van der Waals surface area (Å²) in [5.41, 5.74) is 1.75. The second-order valence-corrected chi connectivity index (χ2v) is 12.6. The Labute approximate surface area is 237 Å².